The van der Waals surface area contributed by atoms with Crippen molar-refractivity contribution >= 4 is 17.2 Å². The van der Waals surface area contributed by atoms with Gasteiger partial charge in [-0.2, -0.15) is 5.26 Å². The number of benzene rings is 1. The Morgan fingerprint density at radius 3 is 2.92 bits per heavy atom. The molecule has 26 heavy (non-hydrogen) atoms. The van der Waals surface area contributed by atoms with Crippen molar-refractivity contribution in [2.75, 3.05) is 13.6 Å². The van der Waals surface area contributed by atoms with Crippen LogP contribution in [0.25, 0.3) is 5.57 Å². The molecule has 2 aliphatic heterocycles. The number of nitrogens with zero attached hydrogens (tertiary/aromatic N) is 3. The smallest absolute Gasteiger partial charge is 0.273 e. The van der Waals surface area contributed by atoms with E-state index in [2.05, 4.69) is 16.4 Å². The van der Waals surface area contributed by atoms with Gasteiger partial charge in [-0.1, -0.05) is 24.3 Å². The molecule has 0 spiro atoms. The third-order valence-electron chi connectivity index (χ3n) is 4.58. The van der Waals surface area contributed by atoms with E-state index in [0.717, 1.165) is 22.4 Å². The van der Waals surface area contributed by atoms with Crippen LogP contribution >= 0.6 is 0 Å². The molecule has 1 aromatic carbocycles. The van der Waals surface area contributed by atoms with Gasteiger partial charge >= 0.3 is 0 Å². The van der Waals surface area contributed by atoms with Gasteiger partial charge in [0.15, 0.2) is 0 Å². The molecule has 0 bridgehead atoms. The number of fused-ring (bicyclic) bond motifs is 1. The van der Waals surface area contributed by atoms with E-state index in [9.17, 15) is 10.1 Å². The summed E-state index contributed by atoms with van der Waals surface area (Å²) in [4.78, 5) is 18.9. The fourth-order valence-electron chi connectivity index (χ4n) is 3.30. The number of rotatable bonds is 5. The van der Waals surface area contributed by atoms with Crippen LogP contribution in [0, 0.1) is 17.2 Å². The predicted octanol–water partition coefficient (Wildman–Crippen LogP) is 3.01. The largest absolute Gasteiger partial charge is 0.316 e. The Morgan fingerprint density at radius 2 is 2.23 bits per heavy atom. The molecule has 0 radical (unpaired) electrons. The van der Waals surface area contributed by atoms with Crippen LogP contribution < -0.4 is 5.32 Å². The number of amides is 1. The van der Waals surface area contributed by atoms with E-state index >= 15 is 0 Å². The van der Waals surface area contributed by atoms with Crippen LogP contribution in [0.4, 0.5) is 0 Å². The van der Waals surface area contributed by atoms with Gasteiger partial charge in [0.2, 0.25) is 0 Å². The Bertz CT molecular complexity index is 899. The summed E-state index contributed by atoms with van der Waals surface area (Å²) >= 11 is 0. The summed E-state index contributed by atoms with van der Waals surface area (Å²) in [6.45, 7) is 4.99. The first-order chi connectivity index (χ1) is 12.6. The number of hydrogen-bond acceptors (Lipinski definition) is 4. The van der Waals surface area contributed by atoms with Gasteiger partial charge in [-0.25, -0.2) is 0 Å². The molecule has 2 aliphatic rings. The monoisotopic (exact) mass is 346 g/mol. The molecular weight excluding hydrogens is 324 g/mol. The molecule has 3 rings (SSSR count). The third kappa shape index (κ3) is 3.24. The predicted molar refractivity (Wildman–Crippen MR) is 103 cm³/mol. The van der Waals surface area contributed by atoms with E-state index in [0.29, 0.717) is 24.4 Å². The minimum absolute atomic E-state index is 0.0581. The highest BCUT2D eigenvalue weighted by atomic mass is 16.2. The van der Waals surface area contributed by atoms with Crippen molar-refractivity contribution < 1.29 is 4.79 Å². The minimum Gasteiger partial charge on any atom is -0.316 e. The van der Waals surface area contributed by atoms with Gasteiger partial charge in [0.25, 0.3) is 5.91 Å². The van der Waals surface area contributed by atoms with Gasteiger partial charge in [-0.15, -0.1) is 0 Å². The van der Waals surface area contributed by atoms with Crippen LogP contribution in [-0.2, 0) is 11.3 Å². The Balaban J connectivity index is 2.07. The van der Waals surface area contributed by atoms with Gasteiger partial charge in [-0.05, 0) is 49.7 Å². The maximum absolute atomic E-state index is 12.7. The summed E-state index contributed by atoms with van der Waals surface area (Å²) in [7, 11) is 1.86. The summed E-state index contributed by atoms with van der Waals surface area (Å²) in [5.74, 6) is -0.205. The number of allylic oxidation sites excluding steroid dienone is 4. The van der Waals surface area contributed by atoms with Crippen molar-refractivity contribution in [2.24, 2.45) is 10.9 Å². The second kappa shape index (κ2) is 7.51. The average Bonchev–Trinajstić information content (AvgIpc) is 3.04. The molecule has 1 unspecified atom stereocenters. The van der Waals surface area contributed by atoms with Crippen LogP contribution in [0.5, 0.6) is 0 Å². The van der Waals surface area contributed by atoms with Gasteiger partial charge in [0, 0.05) is 25.0 Å². The number of nitrogens with one attached hydrogen (secondary N) is 1. The van der Waals surface area contributed by atoms with E-state index < -0.39 is 0 Å². The van der Waals surface area contributed by atoms with Gasteiger partial charge < -0.3 is 10.2 Å². The number of carbonyl (C=O) groups is 1. The van der Waals surface area contributed by atoms with Crippen LogP contribution in [-0.4, -0.2) is 30.1 Å². The zero-order valence-corrected chi connectivity index (χ0v) is 15.3. The fraction of sp³-hybridized carbons (Fsp3) is 0.286. The Hall–Kier alpha value is -2.97. The van der Waals surface area contributed by atoms with Crippen LogP contribution in [0.1, 0.15) is 30.5 Å². The third-order valence-corrected chi connectivity index (χ3v) is 4.58. The second-order valence-corrected chi connectivity index (χ2v) is 6.41. The summed E-state index contributed by atoms with van der Waals surface area (Å²) < 4.78 is 0. The highest BCUT2D eigenvalue weighted by Crippen LogP contribution is 2.36. The number of nitriles is 1. The average molecular weight is 346 g/mol. The standard InChI is InChI=1S/C21H22N4O/c1-4-5-8-25-13-19(18-9-14(2)24-20(18)21(25)26)15-6-7-16(12-23-3)17(10-15)11-22/h4-7,9-10,13,18,23H,8,12H2,1-3H3/b5-4+. The Labute approximate surface area is 154 Å². The lowest BCUT2D eigenvalue weighted by molar-refractivity contribution is -0.121. The van der Waals surface area contributed by atoms with E-state index in [1.165, 1.54) is 0 Å². The lowest BCUT2D eigenvalue weighted by Gasteiger charge is -2.28. The van der Waals surface area contributed by atoms with Crippen molar-refractivity contribution in [3.8, 4) is 6.07 Å². The molecule has 1 N–H and O–H groups in total. The first-order valence-electron chi connectivity index (χ1n) is 8.68. The lowest BCUT2D eigenvalue weighted by atomic mass is 9.85. The fourth-order valence-corrected chi connectivity index (χ4v) is 3.30. The number of carbonyl (C=O) groups excluding carboxylic acids is 1. The molecule has 0 saturated heterocycles. The molecule has 0 saturated carbocycles. The first-order valence-corrected chi connectivity index (χ1v) is 8.68. The van der Waals surface area contributed by atoms with Crippen molar-refractivity contribution in [1.29, 1.82) is 5.26 Å². The van der Waals surface area contributed by atoms with E-state index in [1.807, 2.05) is 63.5 Å². The Morgan fingerprint density at radius 1 is 1.42 bits per heavy atom. The van der Waals surface area contributed by atoms with Crippen LogP contribution in [0.3, 0.4) is 0 Å². The summed E-state index contributed by atoms with van der Waals surface area (Å²) in [6, 6.07) is 8.17. The highest BCUT2D eigenvalue weighted by molar-refractivity contribution is 6.44. The van der Waals surface area contributed by atoms with E-state index in [4.69, 9.17) is 0 Å². The molecule has 132 valence electrons. The molecule has 0 aromatic heterocycles. The van der Waals surface area contributed by atoms with Crippen molar-refractivity contribution in [3.05, 3.63) is 65.0 Å². The maximum Gasteiger partial charge on any atom is 0.273 e. The van der Waals surface area contributed by atoms with Crippen molar-refractivity contribution in [2.45, 2.75) is 20.4 Å². The molecule has 1 amide bonds. The molecule has 2 heterocycles. The minimum atomic E-state index is -0.147. The normalized spacial score (nSPS) is 19.2. The molecular formula is C21H22N4O. The zero-order valence-electron chi connectivity index (χ0n) is 15.3. The molecule has 1 aromatic rings. The summed E-state index contributed by atoms with van der Waals surface area (Å²) in [5.41, 5.74) is 4.96. The quantitative estimate of drug-likeness (QED) is 0.833. The van der Waals surface area contributed by atoms with Crippen LogP contribution in [0.2, 0.25) is 0 Å². The molecule has 0 aliphatic carbocycles. The first kappa shape index (κ1) is 17.8. The van der Waals surface area contributed by atoms with Gasteiger partial charge in [0.1, 0.15) is 5.71 Å². The summed E-state index contributed by atoms with van der Waals surface area (Å²) in [6.07, 6.45) is 7.78. The number of aliphatic imine (C=N–C) groups is 1. The molecule has 5 heteroatoms. The molecule has 1 atom stereocenters. The van der Waals surface area contributed by atoms with Crippen LogP contribution in [0.15, 0.2) is 53.3 Å². The second-order valence-electron chi connectivity index (χ2n) is 6.41. The molecule has 0 fully saturated rings. The summed E-state index contributed by atoms with van der Waals surface area (Å²) in [5, 5.41) is 12.6. The van der Waals surface area contributed by atoms with E-state index in [-0.39, 0.29) is 11.8 Å². The maximum atomic E-state index is 12.7. The van der Waals surface area contributed by atoms with Gasteiger partial charge in [-0.3, -0.25) is 9.79 Å². The topological polar surface area (TPSA) is 68.5 Å². The zero-order chi connectivity index (χ0) is 18.7. The molecule has 5 nitrogen and oxygen atoms in total. The Kier molecular flexibility index (Phi) is 5.15. The van der Waals surface area contributed by atoms with E-state index in [1.54, 1.807) is 4.90 Å². The van der Waals surface area contributed by atoms with Gasteiger partial charge in [0.05, 0.1) is 17.6 Å². The van der Waals surface area contributed by atoms with Crippen molar-refractivity contribution in [3.63, 3.8) is 0 Å². The number of hydrogen-bond donors (Lipinski definition) is 1. The lowest BCUT2D eigenvalue weighted by Crippen LogP contribution is -2.40. The van der Waals surface area contributed by atoms with Crippen molar-refractivity contribution in [1.82, 2.24) is 10.2 Å². The SMILES string of the molecule is C/C=C/CN1C=C(c2ccc(CNC)c(C#N)c2)C2C=C(C)N=C2C1=O. The highest BCUT2D eigenvalue weighted by Gasteiger charge is 2.36.